The van der Waals surface area contributed by atoms with Gasteiger partial charge in [-0.15, -0.1) is 0 Å². The normalized spacial score (nSPS) is 9.83. The zero-order chi connectivity index (χ0) is 13.5. The van der Waals surface area contributed by atoms with Crippen LogP contribution in [0, 0.1) is 11.8 Å². The summed E-state index contributed by atoms with van der Waals surface area (Å²) >= 11 is 6.04. The Kier molecular flexibility index (Phi) is 5.70. The number of hydrogen-bond acceptors (Lipinski definition) is 2. The molecule has 0 unspecified atom stereocenters. The zero-order valence-electron chi connectivity index (χ0n) is 10.5. The van der Waals surface area contributed by atoms with Gasteiger partial charge in [-0.3, -0.25) is 4.79 Å². The highest BCUT2D eigenvalue weighted by Crippen LogP contribution is 2.17. The van der Waals surface area contributed by atoms with E-state index in [1.807, 2.05) is 13.8 Å². The van der Waals surface area contributed by atoms with E-state index < -0.39 is 0 Å². The molecule has 1 aromatic rings. The lowest BCUT2D eigenvalue weighted by Gasteiger charge is -2.08. The van der Waals surface area contributed by atoms with Gasteiger partial charge in [0.1, 0.15) is 0 Å². The Labute approximate surface area is 112 Å². The molecule has 0 aliphatic heterocycles. The number of benzene rings is 1. The Bertz CT molecular complexity index is 486. The smallest absolute Gasteiger partial charge is 0.251 e. The second kappa shape index (κ2) is 7.05. The Balaban J connectivity index is 2.86. The third-order valence-corrected chi connectivity index (χ3v) is 2.42. The van der Waals surface area contributed by atoms with Crippen LogP contribution in [-0.2, 0) is 0 Å². The van der Waals surface area contributed by atoms with Crippen molar-refractivity contribution in [3.05, 3.63) is 34.3 Å². The largest absolute Gasteiger partial charge is 0.395 e. The molecule has 3 nitrogen and oxygen atoms in total. The lowest BCUT2D eigenvalue weighted by Crippen LogP contribution is -2.30. The van der Waals surface area contributed by atoms with E-state index >= 15 is 0 Å². The van der Waals surface area contributed by atoms with Crippen molar-refractivity contribution in [2.45, 2.75) is 26.3 Å². The quantitative estimate of drug-likeness (QED) is 0.824. The minimum absolute atomic E-state index is 0.0273. The maximum atomic E-state index is 11.7. The molecular formula is C14H16ClNO2. The molecule has 0 heterocycles. The third-order valence-electron chi connectivity index (χ3n) is 2.11. The molecule has 1 amide bonds. The number of halogens is 1. The number of hydrogen-bond donors (Lipinski definition) is 2. The molecule has 0 spiro atoms. The summed E-state index contributed by atoms with van der Waals surface area (Å²) in [5, 5.41) is 11.9. The predicted molar refractivity (Wildman–Crippen MR) is 72.6 cm³/mol. The number of carbonyl (C=O) groups excluding carboxylic acids is 1. The Morgan fingerprint density at radius 3 is 2.78 bits per heavy atom. The second-order valence-corrected chi connectivity index (χ2v) is 4.51. The van der Waals surface area contributed by atoms with Crippen LogP contribution in [-0.4, -0.2) is 23.7 Å². The first-order valence-corrected chi connectivity index (χ1v) is 6.12. The number of rotatable bonds is 3. The van der Waals surface area contributed by atoms with Crippen molar-refractivity contribution in [3.8, 4) is 11.8 Å². The molecule has 96 valence electrons. The van der Waals surface area contributed by atoms with Crippen molar-refractivity contribution in [2.24, 2.45) is 0 Å². The first-order chi connectivity index (χ1) is 8.54. The van der Waals surface area contributed by atoms with Crippen LogP contribution in [0.5, 0.6) is 0 Å². The molecule has 0 aromatic heterocycles. The van der Waals surface area contributed by atoms with Crippen LogP contribution in [0.15, 0.2) is 18.2 Å². The van der Waals surface area contributed by atoms with Crippen LogP contribution in [0.2, 0.25) is 5.02 Å². The van der Waals surface area contributed by atoms with E-state index in [2.05, 4.69) is 17.2 Å². The molecule has 2 N–H and O–H groups in total. The molecule has 0 radical (unpaired) electrons. The fourth-order valence-electron chi connectivity index (χ4n) is 1.32. The van der Waals surface area contributed by atoms with Gasteiger partial charge in [-0.05, 0) is 32.0 Å². The summed E-state index contributed by atoms with van der Waals surface area (Å²) < 4.78 is 0. The highest BCUT2D eigenvalue weighted by molar-refractivity contribution is 6.32. The van der Waals surface area contributed by atoms with E-state index in [9.17, 15) is 4.79 Å². The zero-order valence-corrected chi connectivity index (χ0v) is 11.2. The monoisotopic (exact) mass is 265 g/mol. The van der Waals surface area contributed by atoms with Crippen LogP contribution in [0.3, 0.4) is 0 Å². The molecular weight excluding hydrogens is 250 g/mol. The Morgan fingerprint density at radius 1 is 1.50 bits per heavy atom. The van der Waals surface area contributed by atoms with Crippen molar-refractivity contribution in [1.82, 2.24) is 5.32 Å². The summed E-state index contributed by atoms with van der Waals surface area (Å²) in [6.45, 7) is 3.82. The predicted octanol–water partition coefficient (Wildman–Crippen LogP) is 2.21. The number of amides is 1. The lowest BCUT2D eigenvalue weighted by atomic mass is 10.1. The van der Waals surface area contributed by atoms with Crippen LogP contribution in [0.4, 0.5) is 0 Å². The van der Waals surface area contributed by atoms with Crippen molar-refractivity contribution in [3.63, 3.8) is 0 Å². The summed E-state index contributed by atoms with van der Waals surface area (Å²) in [5.74, 6) is 5.48. The number of nitrogens with one attached hydrogen (secondary N) is 1. The average molecular weight is 266 g/mol. The molecule has 0 saturated carbocycles. The Morgan fingerprint density at radius 2 is 2.22 bits per heavy atom. The summed E-state index contributed by atoms with van der Waals surface area (Å²) in [6, 6.07) is 5.08. The maximum Gasteiger partial charge on any atom is 0.251 e. The second-order valence-electron chi connectivity index (χ2n) is 4.10. The molecule has 18 heavy (non-hydrogen) atoms. The van der Waals surface area contributed by atoms with Crippen LogP contribution < -0.4 is 5.32 Å². The molecule has 4 heteroatoms. The SMILES string of the molecule is CC(C)NC(=O)c1ccc(C#CCCO)c(Cl)c1. The number of carbonyl (C=O) groups is 1. The van der Waals surface area contributed by atoms with Crippen LogP contribution >= 0.6 is 11.6 Å². The van der Waals surface area contributed by atoms with E-state index in [0.717, 1.165) is 0 Å². The van der Waals surface area contributed by atoms with Gasteiger partial charge in [0.25, 0.3) is 5.91 Å². The molecule has 0 aliphatic rings. The fraction of sp³-hybridized carbons (Fsp3) is 0.357. The van der Waals surface area contributed by atoms with Gasteiger partial charge in [-0.25, -0.2) is 0 Å². The van der Waals surface area contributed by atoms with Crippen molar-refractivity contribution in [1.29, 1.82) is 0 Å². The van der Waals surface area contributed by atoms with Gasteiger partial charge in [0.15, 0.2) is 0 Å². The van der Waals surface area contributed by atoms with Gasteiger partial charge in [-0.2, -0.15) is 0 Å². The number of aliphatic hydroxyl groups is 1. The fourth-order valence-corrected chi connectivity index (χ4v) is 1.54. The Hall–Kier alpha value is -1.50. The first-order valence-electron chi connectivity index (χ1n) is 5.74. The summed E-state index contributed by atoms with van der Waals surface area (Å²) in [4.78, 5) is 11.7. The molecule has 0 bridgehead atoms. The van der Waals surface area contributed by atoms with Gasteiger partial charge in [0.2, 0.25) is 0 Å². The molecule has 0 fully saturated rings. The molecule has 1 aromatic carbocycles. The van der Waals surface area contributed by atoms with Gasteiger partial charge in [-0.1, -0.05) is 23.4 Å². The van der Waals surface area contributed by atoms with Crippen molar-refractivity contribution in [2.75, 3.05) is 6.61 Å². The highest BCUT2D eigenvalue weighted by Gasteiger charge is 2.08. The van der Waals surface area contributed by atoms with Crippen LogP contribution in [0.1, 0.15) is 36.2 Å². The summed E-state index contributed by atoms with van der Waals surface area (Å²) in [6.07, 6.45) is 0.409. The van der Waals surface area contributed by atoms with Crippen molar-refractivity contribution >= 4 is 17.5 Å². The third kappa shape index (κ3) is 4.40. The lowest BCUT2D eigenvalue weighted by molar-refractivity contribution is 0.0943. The minimum atomic E-state index is -0.151. The van der Waals surface area contributed by atoms with Gasteiger partial charge in [0, 0.05) is 23.6 Å². The van der Waals surface area contributed by atoms with E-state index in [1.165, 1.54) is 0 Å². The summed E-state index contributed by atoms with van der Waals surface area (Å²) in [5.41, 5.74) is 1.17. The van der Waals surface area contributed by atoms with E-state index in [-0.39, 0.29) is 18.6 Å². The maximum absolute atomic E-state index is 11.7. The van der Waals surface area contributed by atoms with Crippen LogP contribution in [0.25, 0.3) is 0 Å². The molecule has 0 aliphatic carbocycles. The highest BCUT2D eigenvalue weighted by atomic mass is 35.5. The molecule has 0 saturated heterocycles. The number of aliphatic hydroxyl groups excluding tert-OH is 1. The van der Waals surface area contributed by atoms with E-state index in [0.29, 0.717) is 22.6 Å². The van der Waals surface area contributed by atoms with Gasteiger partial charge < -0.3 is 10.4 Å². The van der Waals surface area contributed by atoms with Crippen molar-refractivity contribution < 1.29 is 9.90 Å². The van der Waals surface area contributed by atoms with E-state index in [1.54, 1.807) is 18.2 Å². The molecule has 0 atom stereocenters. The van der Waals surface area contributed by atoms with E-state index in [4.69, 9.17) is 16.7 Å². The average Bonchev–Trinajstić information content (AvgIpc) is 2.30. The topological polar surface area (TPSA) is 49.3 Å². The van der Waals surface area contributed by atoms with Gasteiger partial charge >= 0.3 is 0 Å². The van der Waals surface area contributed by atoms with Gasteiger partial charge in [0.05, 0.1) is 11.6 Å². The summed E-state index contributed by atoms with van der Waals surface area (Å²) in [7, 11) is 0. The standard InChI is InChI=1S/C14H16ClNO2/c1-10(2)16-14(18)12-7-6-11(13(15)9-12)5-3-4-8-17/h6-7,9-10,17H,4,8H2,1-2H3,(H,16,18). The first kappa shape index (κ1) is 14.6. The minimum Gasteiger partial charge on any atom is -0.395 e. The molecule has 1 rings (SSSR count).